The topological polar surface area (TPSA) is 41.6 Å². The minimum atomic E-state index is -0.0284. The van der Waals surface area contributed by atoms with Gasteiger partial charge in [0.25, 0.3) is 0 Å². The minimum absolute atomic E-state index is 0.0284. The quantitative estimate of drug-likeness (QED) is 0.763. The van der Waals surface area contributed by atoms with Crippen molar-refractivity contribution in [3.8, 4) is 5.75 Å². The van der Waals surface area contributed by atoms with Gasteiger partial charge in [-0.15, -0.1) is 0 Å². The van der Waals surface area contributed by atoms with E-state index in [9.17, 15) is 4.79 Å². The van der Waals surface area contributed by atoms with Crippen molar-refractivity contribution in [2.75, 3.05) is 19.0 Å². The SMILES string of the molecule is COc1ccc(Cl)cc1NC(=O)CCN(Cc1ccccc1)C1CC1. The molecule has 0 heterocycles. The monoisotopic (exact) mass is 358 g/mol. The predicted molar refractivity (Wildman–Crippen MR) is 101 cm³/mol. The molecule has 2 aromatic carbocycles. The molecule has 0 bridgehead atoms. The van der Waals surface area contributed by atoms with Crippen LogP contribution < -0.4 is 10.1 Å². The van der Waals surface area contributed by atoms with Gasteiger partial charge >= 0.3 is 0 Å². The Morgan fingerprint density at radius 2 is 2.00 bits per heavy atom. The number of methoxy groups -OCH3 is 1. The molecule has 1 amide bonds. The Hall–Kier alpha value is -2.04. The number of ether oxygens (including phenoxy) is 1. The number of hydrogen-bond donors (Lipinski definition) is 1. The molecule has 1 saturated carbocycles. The molecule has 1 aliphatic carbocycles. The molecule has 0 radical (unpaired) electrons. The van der Waals surface area contributed by atoms with Crippen molar-refractivity contribution in [1.29, 1.82) is 0 Å². The highest BCUT2D eigenvalue weighted by Gasteiger charge is 2.29. The van der Waals surface area contributed by atoms with E-state index in [0.717, 1.165) is 13.1 Å². The zero-order chi connectivity index (χ0) is 17.6. The lowest BCUT2D eigenvalue weighted by atomic mass is 10.2. The van der Waals surface area contributed by atoms with Crippen LogP contribution in [0.5, 0.6) is 5.75 Å². The fourth-order valence-corrected chi connectivity index (χ4v) is 3.06. The van der Waals surface area contributed by atoms with Gasteiger partial charge in [0, 0.05) is 30.6 Å². The first-order valence-electron chi connectivity index (χ1n) is 8.57. The van der Waals surface area contributed by atoms with Gasteiger partial charge in [0.1, 0.15) is 5.75 Å². The van der Waals surface area contributed by atoms with Crippen molar-refractivity contribution in [1.82, 2.24) is 4.90 Å². The molecule has 1 aliphatic rings. The third-order valence-corrected chi connectivity index (χ3v) is 4.59. The summed E-state index contributed by atoms with van der Waals surface area (Å²) in [4.78, 5) is 14.7. The number of nitrogens with zero attached hydrogens (tertiary/aromatic N) is 1. The summed E-state index contributed by atoms with van der Waals surface area (Å²) >= 11 is 6.01. The second-order valence-corrected chi connectivity index (χ2v) is 6.77. The molecule has 0 aliphatic heterocycles. The van der Waals surface area contributed by atoms with Crippen LogP contribution in [-0.2, 0) is 11.3 Å². The van der Waals surface area contributed by atoms with E-state index in [1.54, 1.807) is 25.3 Å². The molecule has 2 aromatic rings. The molecule has 4 nitrogen and oxygen atoms in total. The number of nitrogens with one attached hydrogen (secondary N) is 1. The van der Waals surface area contributed by atoms with Gasteiger partial charge in [0.15, 0.2) is 0 Å². The summed E-state index contributed by atoms with van der Waals surface area (Å²) < 4.78 is 5.27. The Morgan fingerprint density at radius 1 is 1.24 bits per heavy atom. The standard InChI is InChI=1S/C20H23ClN2O2/c1-25-19-10-7-16(21)13-18(19)22-20(24)11-12-23(17-8-9-17)14-15-5-3-2-4-6-15/h2-7,10,13,17H,8-9,11-12,14H2,1H3,(H,22,24). The first kappa shape index (κ1) is 17.8. The zero-order valence-electron chi connectivity index (χ0n) is 14.4. The van der Waals surface area contributed by atoms with E-state index in [1.807, 2.05) is 6.07 Å². The van der Waals surface area contributed by atoms with E-state index < -0.39 is 0 Å². The second-order valence-electron chi connectivity index (χ2n) is 6.33. The molecule has 0 atom stereocenters. The van der Waals surface area contributed by atoms with Crippen LogP contribution in [0.3, 0.4) is 0 Å². The molecular weight excluding hydrogens is 336 g/mol. The van der Waals surface area contributed by atoms with Crippen molar-refractivity contribution < 1.29 is 9.53 Å². The third-order valence-electron chi connectivity index (χ3n) is 4.35. The van der Waals surface area contributed by atoms with Crippen LogP contribution in [-0.4, -0.2) is 30.5 Å². The summed E-state index contributed by atoms with van der Waals surface area (Å²) in [6.45, 7) is 1.63. The summed E-state index contributed by atoms with van der Waals surface area (Å²) in [6, 6.07) is 16.2. The number of hydrogen-bond acceptors (Lipinski definition) is 3. The Balaban J connectivity index is 1.56. The summed E-state index contributed by atoms with van der Waals surface area (Å²) in [7, 11) is 1.58. The van der Waals surface area contributed by atoms with Gasteiger partial charge in [-0.2, -0.15) is 0 Å². The highest BCUT2D eigenvalue weighted by Crippen LogP contribution is 2.29. The van der Waals surface area contributed by atoms with E-state index in [4.69, 9.17) is 16.3 Å². The van der Waals surface area contributed by atoms with Crippen molar-refractivity contribution in [3.63, 3.8) is 0 Å². The van der Waals surface area contributed by atoms with E-state index in [1.165, 1.54) is 18.4 Å². The first-order valence-corrected chi connectivity index (χ1v) is 8.95. The van der Waals surface area contributed by atoms with Gasteiger partial charge < -0.3 is 10.1 Å². The molecule has 3 rings (SSSR count). The fourth-order valence-electron chi connectivity index (χ4n) is 2.88. The minimum Gasteiger partial charge on any atom is -0.495 e. The number of carbonyl (C=O) groups is 1. The van der Waals surface area contributed by atoms with Gasteiger partial charge in [0.05, 0.1) is 12.8 Å². The highest BCUT2D eigenvalue weighted by molar-refractivity contribution is 6.31. The largest absolute Gasteiger partial charge is 0.495 e. The van der Waals surface area contributed by atoms with Crippen molar-refractivity contribution in [2.45, 2.75) is 31.8 Å². The second kappa shape index (κ2) is 8.37. The number of carbonyl (C=O) groups excluding carboxylic acids is 1. The van der Waals surface area contributed by atoms with E-state index in [0.29, 0.717) is 28.9 Å². The Morgan fingerprint density at radius 3 is 2.68 bits per heavy atom. The lowest BCUT2D eigenvalue weighted by molar-refractivity contribution is -0.116. The predicted octanol–water partition coefficient (Wildman–Crippen LogP) is 4.34. The average molecular weight is 359 g/mol. The normalized spacial score (nSPS) is 13.7. The van der Waals surface area contributed by atoms with Crippen molar-refractivity contribution >= 4 is 23.2 Å². The highest BCUT2D eigenvalue weighted by atomic mass is 35.5. The molecule has 0 saturated heterocycles. The Labute approximate surface area is 153 Å². The van der Waals surface area contributed by atoms with E-state index in [-0.39, 0.29) is 5.91 Å². The molecular formula is C20H23ClN2O2. The summed E-state index contributed by atoms with van der Waals surface area (Å²) in [5, 5.41) is 3.48. The molecule has 132 valence electrons. The Kier molecular flexibility index (Phi) is 5.95. The average Bonchev–Trinajstić information content (AvgIpc) is 3.45. The van der Waals surface area contributed by atoms with Gasteiger partial charge in [-0.3, -0.25) is 9.69 Å². The smallest absolute Gasteiger partial charge is 0.225 e. The van der Waals surface area contributed by atoms with Gasteiger partial charge in [-0.05, 0) is 36.6 Å². The number of rotatable bonds is 8. The van der Waals surface area contributed by atoms with Crippen LogP contribution in [0.25, 0.3) is 0 Å². The number of amides is 1. The molecule has 5 heteroatoms. The summed E-state index contributed by atoms with van der Waals surface area (Å²) in [6.07, 6.45) is 2.88. The molecule has 1 N–H and O–H groups in total. The molecule has 1 fully saturated rings. The molecule has 0 aromatic heterocycles. The zero-order valence-corrected chi connectivity index (χ0v) is 15.1. The van der Waals surface area contributed by atoms with E-state index >= 15 is 0 Å². The molecule has 25 heavy (non-hydrogen) atoms. The van der Waals surface area contributed by atoms with Crippen LogP contribution >= 0.6 is 11.6 Å². The maximum atomic E-state index is 12.4. The maximum absolute atomic E-state index is 12.4. The lowest BCUT2D eigenvalue weighted by Crippen LogP contribution is -2.29. The molecule has 0 unspecified atom stereocenters. The van der Waals surface area contributed by atoms with Crippen LogP contribution in [0, 0.1) is 0 Å². The van der Waals surface area contributed by atoms with Crippen LogP contribution in [0.1, 0.15) is 24.8 Å². The first-order chi connectivity index (χ1) is 12.2. The summed E-state index contributed by atoms with van der Waals surface area (Å²) in [5.41, 5.74) is 1.90. The van der Waals surface area contributed by atoms with Crippen LogP contribution in [0.15, 0.2) is 48.5 Å². The summed E-state index contributed by atoms with van der Waals surface area (Å²) in [5.74, 6) is 0.584. The maximum Gasteiger partial charge on any atom is 0.225 e. The van der Waals surface area contributed by atoms with Gasteiger partial charge in [0.2, 0.25) is 5.91 Å². The number of anilines is 1. The molecule has 0 spiro atoms. The van der Waals surface area contributed by atoms with Crippen LogP contribution in [0.2, 0.25) is 5.02 Å². The number of benzene rings is 2. The van der Waals surface area contributed by atoms with E-state index in [2.05, 4.69) is 34.5 Å². The lowest BCUT2D eigenvalue weighted by Gasteiger charge is -2.22. The van der Waals surface area contributed by atoms with Crippen LogP contribution in [0.4, 0.5) is 5.69 Å². The van der Waals surface area contributed by atoms with Gasteiger partial charge in [-0.25, -0.2) is 0 Å². The fraction of sp³-hybridized carbons (Fsp3) is 0.350. The van der Waals surface area contributed by atoms with Crippen molar-refractivity contribution in [3.05, 3.63) is 59.1 Å². The van der Waals surface area contributed by atoms with Crippen molar-refractivity contribution in [2.24, 2.45) is 0 Å². The third kappa shape index (κ3) is 5.21. The van der Waals surface area contributed by atoms with Gasteiger partial charge in [-0.1, -0.05) is 41.9 Å². The number of halogens is 1. The Bertz CT molecular complexity index is 717.